The number of benzene rings is 2. The van der Waals surface area contributed by atoms with Gasteiger partial charge < -0.3 is 55.3 Å². The van der Waals surface area contributed by atoms with Gasteiger partial charge in [-0.25, -0.2) is 0 Å². The summed E-state index contributed by atoms with van der Waals surface area (Å²) in [6.45, 7) is 11.7. The average Bonchev–Trinajstić information content (AvgIpc) is 3.10. The fraction of sp³-hybridized carbons (Fsp3) is 0.595. The van der Waals surface area contributed by atoms with Crippen LogP contribution in [0.15, 0.2) is 52.7 Å². The van der Waals surface area contributed by atoms with Gasteiger partial charge in [0.15, 0.2) is 12.1 Å². The molecule has 53 heavy (non-hydrogen) atoms. The summed E-state index contributed by atoms with van der Waals surface area (Å²) in [5, 5.41) is 57.2. The zero-order valence-electron chi connectivity index (χ0n) is 31.3. The van der Waals surface area contributed by atoms with Gasteiger partial charge in [0.2, 0.25) is 5.91 Å². The van der Waals surface area contributed by atoms with Crippen LogP contribution in [0.4, 0.5) is 11.4 Å². The first kappa shape index (κ1) is 43.5. The van der Waals surface area contributed by atoms with E-state index in [0.29, 0.717) is 17.7 Å². The summed E-state index contributed by atoms with van der Waals surface area (Å²) in [4.78, 5) is 37.0. The van der Waals surface area contributed by atoms with Crippen molar-refractivity contribution in [1.29, 1.82) is 0 Å². The molecule has 1 saturated heterocycles. The van der Waals surface area contributed by atoms with E-state index in [1.807, 2.05) is 34.6 Å². The summed E-state index contributed by atoms with van der Waals surface area (Å²) in [6.07, 6.45) is -4.52. The van der Waals surface area contributed by atoms with Crippen molar-refractivity contribution in [1.82, 2.24) is 16.0 Å². The molecular weight excluding hydrogens is 690 g/mol. The van der Waals surface area contributed by atoms with Gasteiger partial charge >= 0.3 is 0 Å². The molecule has 1 aliphatic heterocycles. The molecule has 1 heterocycles. The van der Waals surface area contributed by atoms with E-state index in [4.69, 9.17) is 18.9 Å². The Bertz CT molecular complexity index is 1500. The number of Topliss-reactive ketones (excluding diaryl/α,β-unsaturated/α-hetero) is 1. The summed E-state index contributed by atoms with van der Waals surface area (Å²) >= 11 is 0. The van der Waals surface area contributed by atoms with E-state index >= 15 is 0 Å². The molecule has 3 rings (SSSR count). The van der Waals surface area contributed by atoms with Gasteiger partial charge in [-0.15, -0.1) is 5.11 Å². The fourth-order valence-electron chi connectivity index (χ4n) is 5.45. The Balaban J connectivity index is 1.37. The Kier molecular flexibility index (Phi) is 17.4. The number of aliphatic hydroxyl groups excluding tert-OH is 3. The number of ether oxygens (including phenoxy) is 4. The van der Waals surface area contributed by atoms with E-state index in [1.54, 1.807) is 36.4 Å². The van der Waals surface area contributed by atoms with Crippen molar-refractivity contribution in [3.8, 4) is 5.75 Å². The standard InChI is InChI=1S/C37H55N5O11/c1-22(2)32(46)28(40-37(4,5)6)20-24-7-12-29(45)27(19-24)42-41-26-10-8-25(9-11-26)35(49)38-13-14-50-15-16-51-17-18-52-36-31(39-23(3)44)34(48)33(47)30(21-43)53-36/h7-12,19,22,28,30-31,33-34,36,40,43,45,47-48H,13-18,20-21H2,1-6H3,(H,38,49)(H,39,44)/t28?,30?,31?,33-,34?,36+/m0/s1. The van der Waals surface area contributed by atoms with Gasteiger partial charge in [-0.05, 0) is 69.2 Å². The molecule has 1 fully saturated rings. The number of phenolic OH excluding ortho intramolecular Hbond substituents is 1. The lowest BCUT2D eigenvalue weighted by atomic mass is 9.93. The lowest BCUT2D eigenvalue weighted by molar-refractivity contribution is -0.272. The SMILES string of the molecule is CC(=O)NC1C(O)[C@@H](O)C(CO)O[C@H]1OCCOCCOCCNC(=O)c1ccc(N=Nc2cc(CC(NC(C)(C)C)C(=O)C(C)C)ccc2O)cc1. The Hall–Kier alpha value is -3.87. The molecule has 0 radical (unpaired) electrons. The molecule has 0 aromatic heterocycles. The predicted octanol–water partition coefficient (Wildman–Crippen LogP) is 2.06. The number of aliphatic hydroxyl groups is 3. The smallest absolute Gasteiger partial charge is 0.251 e. The van der Waals surface area contributed by atoms with Gasteiger partial charge in [0.25, 0.3) is 5.91 Å². The van der Waals surface area contributed by atoms with E-state index in [9.17, 15) is 34.8 Å². The Labute approximate surface area is 310 Å². The molecule has 16 nitrogen and oxygen atoms in total. The highest BCUT2D eigenvalue weighted by molar-refractivity contribution is 5.94. The average molecular weight is 746 g/mol. The summed E-state index contributed by atoms with van der Waals surface area (Å²) in [5.41, 5.74) is 1.72. The minimum absolute atomic E-state index is 0.0455. The molecule has 294 valence electrons. The molecule has 6 atom stereocenters. The number of nitrogens with zero attached hydrogens (tertiary/aromatic N) is 2. The van der Waals surface area contributed by atoms with Crippen LogP contribution in [-0.2, 0) is 35.0 Å². The highest BCUT2D eigenvalue weighted by Crippen LogP contribution is 2.30. The maximum absolute atomic E-state index is 12.9. The van der Waals surface area contributed by atoms with Crippen LogP contribution in [0.1, 0.15) is 57.5 Å². The van der Waals surface area contributed by atoms with Gasteiger partial charge in [-0.3, -0.25) is 14.4 Å². The summed E-state index contributed by atoms with van der Waals surface area (Å²) < 4.78 is 22.0. The first-order chi connectivity index (χ1) is 25.1. The van der Waals surface area contributed by atoms with Crippen LogP contribution in [-0.4, -0.2) is 126 Å². The lowest BCUT2D eigenvalue weighted by Crippen LogP contribution is -2.64. The van der Waals surface area contributed by atoms with E-state index in [1.165, 1.54) is 13.0 Å². The van der Waals surface area contributed by atoms with Crippen LogP contribution in [0.3, 0.4) is 0 Å². The third kappa shape index (κ3) is 14.5. The van der Waals surface area contributed by atoms with Crippen molar-refractivity contribution in [2.24, 2.45) is 16.1 Å². The van der Waals surface area contributed by atoms with Crippen molar-refractivity contribution in [2.75, 3.05) is 46.2 Å². The molecule has 0 bridgehead atoms. The third-order valence-electron chi connectivity index (χ3n) is 8.07. The minimum atomic E-state index is -1.39. The number of aromatic hydroxyl groups is 1. The summed E-state index contributed by atoms with van der Waals surface area (Å²) in [5.74, 6) is -0.817. The molecule has 2 aromatic carbocycles. The second-order valence-electron chi connectivity index (χ2n) is 14.1. The summed E-state index contributed by atoms with van der Waals surface area (Å²) in [7, 11) is 0. The number of nitrogens with one attached hydrogen (secondary N) is 3. The quantitative estimate of drug-likeness (QED) is 0.0763. The normalized spacial score (nSPS) is 21.1. The van der Waals surface area contributed by atoms with Crippen LogP contribution in [0, 0.1) is 5.92 Å². The first-order valence-corrected chi connectivity index (χ1v) is 17.7. The highest BCUT2D eigenvalue weighted by Gasteiger charge is 2.45. The van der Waals surface area contributed by atoms with Gasteiger partial charge in [-0.2, -0.15) is 5.11 Å². The summed E-state index contributed by atoms with van der Waals surface area (Å²) in [6, 6.07) is 10.1. The Morgan fingerprint density at radius 1 is 0.925 bits per heavy atom. The van der Waals surface area contributed by atoms with Crippen LogP contribution in [0.5, 0.6) is 5.75 Å². The van der Waals surface area contributed by atoms with Crippen LogP contribution >= 0.6 is 0 Å². The maximum Gasteiger partial charge on any atom is 0.251 e. The molecule has 2 amide bonds. The number of hydrogen-bond acceptors (Lipinski definition) is 14. The molecule has 7 N–H and O–H groups in total. The van der Waals surface area contributed by atoms with Gasteiger partial charge in [0.05, 0.1) is 51.4 Å². The van der Waals surface area contributed by atoms with Crippen LogP contribution in [0.25, 0.3) is 0 Å². The molecule has 4 unspecified atom stereocenters. The molecule has 0 spiro atoms. The van der Waals surface area contributed by atoms with Crippen LogP contribution < -0.4 is 16.0 Å². The van der Waals surface area contributed by atoms with Crippen molar-refractivity contribution in [2.45, 2.75) is 90.2 Å². The number of ketones is 1. The van der Waals surface area contributed by atoms with E-state index in [-0.39, 0.29) is 74.2 Å². The third-order valence-corrected chi connectivity index (χ3v) is 8.07. The number of rotatable bonds is 20. The molecular formula is C37H55N5O11. The second kappa shape index (κ2) is 21.1. The number of azo groups is 1. The zero-order chi connectivity index (χ0) is 39.1. The Morgan fingerprint density at radius 3 is 2.21 bits per heavy atom. The van der Waals surface area contributed by atoms with Gasteiger partial charge in [-0.1, -0.05) is 19.9 Å². The van der Waals surface area contributed by atoms with E-state index < -0.39 is 49.2 Å². The minimum Gasteiger partial charge on any atom is -0.506 e. The number of carbonyl (C=O) groups excluding carboxylic acids is 3. The van der Waals surface area contributed by atoms with Crippen molar-refractivity contribution in [3.05, 3.63) is 53.6 Å². The molecule has 0 saturated carbocycles. The topological polar surface area (TPSA) is 230 Å². The van der Waals surface area contributed by atoms with Crippen molar-refractivity contribution >= 4 is 29.0 Å². The molecule has 2 aromatic rings. The number of hydrogen-bond donors (Lipinski definition) is 7. The van der Waals surface area contributed by atoms with Gasteiger partial charge in [0, 0.05) is 30.5 Å². The maximum atomic E-state index is 12.9. The van der Waals surface area contributed by atoms with E-state index in [0.717, 1.165) is 5.56 Å². The number of phenols is 1. The lowest BCUT2D eigenvalue weighted by Gasteiger charge is -2.42. The fourth-order valence-corrected chi connectivity index (χ4v) is 5.45. The zero-order valence-corrected chi connectivity index (χ0v) is 31.3. The largest absolute Gasteiger partial charge is 0.506 e. The van der Waals surface area contributed by atoms with Crippen LogP contribution in [0.2, 0.25) is 0 Å². The second-order valence-corrected chi connectivity index (χ2v) is 14.1. The predicted molar refractivity (Wildman–Crippen MR) is 194 cm³/mol. The number of carbonyl (C=O) groups is 3. The van der Waals surface area contributed by atoms with E-state index in [2.05, 4.69) is 26.2 Å². The highest BCUT2D eigenvalue weighted by atomic mass is 16.7. The molecule has 0 aliphatic carbocycles. The van der Waals surface area contributed by atoms with Crippen molar-refractivity contribution in [3.63, 3.8) is 0 Å². The van der Waals surface area contributed by atoms with Crippen molar-refractivity contribution < 1.29 is 53.8 Å². The first-order valence-electron chi connectivity index (χ1n) is 17.7. The molecule has 16 heteroatoms. The monoisotopic (exact) mass is 745 g/mol. The number of amides is 2. The molecule has 1 aliphatic rings. The van der Waals surface area contributed by atoms with Gasteiger partial charge in [0.1, 0.15) is 35.8 Å². The Morgan fingerprint density at radius 2 is 1.58 bits per heavy atom.